The SMILES string of the molecule is CC1(C)[C@H]2CC[C@@]1(C)/C(=N/OCc1cccc(Cl)c1)C2. The molecule has 2 fully saturated rings. The molecule has 1 aromatic carbocycles. The lowest BCUT2D eigenvalue weighted by molar-refractivity contribution is 0.123. The van der Waals surface area contributed by atoms with E-state index in [9.17, 15) is 0 Å². The van der Waals surface area contributed by atoms with Crippen LogP contribution in [0.25, 0.3) is 0 Å². The zero-order valence-corrected chi connectivity index (χ0v) is 13.2. The van der Waals surface area contributed by atoms with E-state index in [2.05, 4.69) is 25.9 Å². The van der Waals surface area contributed by atoms with Crippen LogP contribution in [0.15, 0.2) is 29.4 Å². The van der Waals surface area contributed by atoms with Crippen molar-refractivity contribution in [3.05, 3.63) is 34.9 Å². The second kappa shape index (κ2) is 4.77. The Hall–Kier alpha value is -1.02. The number of hydrogen-bond acceptors (Lipinski definition) is 2. The molecule has 2 bridgehead atoms. The summed E-state index contributed by atoms with van der Waals surface area (Å²) in [5.41, 5.74) is 2.88. The Balaban J connectivity index is 1.69. The molecule has 2 saturated carbocycles. The fourth-order valence-corrected chi connectivity index (χ4v) is 4.09. The van der Waals surface area contributed by atoms with Crippen LogP contribution in [0.1, 0.15) is 45.6 Å². The molecule has 2 aliphatic carbocycles. The van der Waals surface area contributed by atoms with E-state index in [0.29, 0.717) is 12.0 Å². The maximum Gasteiger partial charge on any atom is 0.142 e. The van der Waals surface area contributed by atoms with E-state index in [-0.39, 0.29) is 5.41 Å². The lowest BCUT2D eigenvalue weighted by atomic mass is 9.70. The molecule has 0 unspecified atom stereocenters. The number of fused-ring (bicyclic) bond motifs is 2. The van der Waals surface area contributed by atoms with E-state index < -0.39 is 0 Å². The number of benzene rings is 1. The van der Waals surface area contributed by atoms with Crippen molar-refractivity contribution in [2.75, 3.05) is 0 Å². The first-order chi connectivity index (χ1) is 9.43. The van der Waals surface area contributed by atoms with Crippen LogP contribution < -0.4 is 0 Å². The highest BCUT2D eigenvalue weighted by atomic mass is 35.5. The van der Waals surface area contributed by atoms with Gasteiger partial charge in [0.2, 0.25) is 0 Å². The molecule has 0 N–H and O–H groups in total. The lowest BCUT2D eigenvalue weighted by Crippen LogP contribution is -2.32. The summed E-state index contributed by atoms with van der Waals surface area (Å²) in [6.45, 7) is 7.60. The summed E-state index contributed by atoms with van der Waals surface area (Å²) in [4.78, 5) is 5.60. The largest absolute Gasteiger partial charge is 0.391 e. The van der Waals surface area contributed by atoms with Crippen LogP contribution in [-0.4, -0.2) is 5.71 Å². The fraction of sp³-hybridized carbons (Fsp3) is 0.588. The van der Waals surface area contributed by atoms with Gasteiger partial charge in [-0.15, -0.1) is 0 Å². The van der Waals surface area contributed by atoms with E-state index in [1.54, 1.807) is 0 Å². The Bertz CT molecular complexity index is 552. The normalized spacial score (nSPS) is 32.8. The van der Waals surface area contributed by atoms with E-state index in [0.717, 1.165) is 22.9 Å². The van der Waals surface area contributed by atoms with Gasteiger partial charge in [-0.2, -0.15) is 0 Å². The predicted octanol–water partition coefficient (Wildman–Crippen LogP) is 5.06. The van der Waals surface area contributed by atoms with Crippen molar-refractivity contribution < 1.29 is 4.84 Å². The number of hydrogen-bond donors (Lipinski definition) is 0. The maximum atomic E-state index is 5.97. The standard InChI is InChI=1S/C17H22ClNO/c1-16(2)13-7-8-17(16,3)15(10-13)19-20-11-12-5-4-6-14(18)9-12/h4-6,9,13H,7-8,10-11H2,1-3H3/b19-15+/t13-,17-/m0/s1. The number of nitrogens with zero attached hydrogens (tertiary/aromatic N) is 1. The van der Waals surface area contributed by atoms with Gasteiger partial charge in [-0.1, -0.05) is 49.7 Å². The molecule has 0 aromatic heterocycles. The molecule has 1 aromatic rings. The second-order valence-corrected chi connectivity index (χ2v) is 7.37. The molecule has 108 valence electrons. The average molecular weight is 292 g/mol. The third kappa shape index (κ3) is 2.05. The van der Waals surface area contributed by atoms with Gasteiger partial charge in [-0.25, -0.2) is 0 Å². The predicted molar refractivity (Wildman–Crippen MR) is 82.9 cm³/mol. The first kappa shape index (κ1) is 13.9. The van der Waals surface area contributed by atoms with Gasteiger partial charge in [0.25, 0.3) is 0 Å². The molecular formula is C17H22ClNO. The minimum atomic E-state index is 0.214. The molecule has 3 heteroatoms. The Labute approximate surface area is 126 Å². The van der Waals surface area contributed by atoms with Gasteiger partial charge in [0.15, 0.2) is 0 Å². The summed E-state index contributed by atoms with van der Waals surface area (Å²) in [6.07, 6.45) is 3.67. The molecule has 0 radical (unpaired) electrons. The van der Waals surface area contributed by atoms with Gasteiger partial charge >= 0.3 is 0 Å². The number of rotatable bonds is 3. The second-order valence-electron chi connectivity index (χ2n) is 6.93. The smallest absolute Gasteiger partial charge is 0.142 e. The summed E-state index contributed by atoms with van der Waals surface area (Å²) in [7, 11) is 0. The molecule has 2 atom stereocenters. The zero-order chi connectivity index (χ0) is 14.4. The van der Waals surface area contributed by atoms with Crippen LogP contribution in [0, 0.1) is 16.7 Å². The Morgan fingerprint density at radius 3 is 2.75 bits per heavy atom. The minimum Gasteiger partial charge on any atom is -0.391 e. The summed E-state index contributed by atoms with van der Waals surface area (Å²) in [5, 5.41) is 5.21. The van der Waals surface area contributed by atoms with Gasteiger partial charge in [0.1, 0.15) is 6.61 Å². The summed E-state index contributed by atoms with van der Waals surface area (Å²) >= 11 is 5.97. The van der Waals surface area contributed by atoms with Crippen LogP contribution in [0.5, 0.6) is 0 Å². The molecule has 0 saturated heterocycles. The van der Waals surface area contributed by atoms with Crippen LogP contribution in [-0.2, 0) is 11.4 Å². The van der Waals surface area contributed by atoms with Gasteiger partial charge < -0.3 is 4.84 Å². The Morgan fingerprint density at radius 2 is 2.15 bits per heavy atom. The lowest BCUT2D eigenvalue weighted by Gasteiger charge is -2.34. The maximum absolute atomic E-state index is 5.97. The molecule has 0 heterocycles. The van der Waals surface area contributed by atoms with Crippen molar-refractivity contribution in [1.82, 2.24) is 0 Å². The third-order valence-corrected chi connectivity index (χ3v) is 6.04. The summed E-state index contributed by atoms with van der Waals surface area (Å²) in [5.74, 6) is 0.765. The van der Waals surface area contributed by atoms with E-state index in [1.165, 1.54) is 18.6 Å². The number of oxime groups is 1. The quantitative estimate of drug-likeness (QED) is 0.713. The first-order valence-corrected chi connectivity index (χ1v) is 7.75. The van der Waals surface area contributed by atoms with Gasteiger partial charge in [-0.05, 0) is 48.3 Å². The van der Waals surface area contributed by atoms with E-state index >= 15 is 0 Å². The Kier molecular flexibility index (Phi) is 3.32. The van der Waals surface area contributed by atoms with Crippen LogP contribution >= 0.6 is 11.6 Å². The van der Waals surface area contributed by atoms with Crippen molar-refractivity contribution >= 4 is 17.3 Å². The Morgan fingerprint density at radius 1 is 1.35 bits per heavy atom. The summed E-state index contributed by atoms with van der Waals surface area (Å²) < 4.78 is 0. The fourth-order valence-electron chi connectivity index (χ4n) is 3.88. The molecule has 3 rings (SSSR count). The van der Waals surface area contributed by atoms with E-state index in [1.807, 2.05) is 24.3 Å². The first-order valence-electron chi connectivity index (χ1n) is 7.37. The van der Waals surface area contributed by atoms with Crippen molar-refractivity contribution in [3.8, 4) is 0 Å². The number of halogens is 1. The molecule has 2 nitrogen and oxygen atoms in total. The minimum absolute atomic E-state index is 0.214. The van der Waals surface area contributed by atoms with Crippen molar-refractivity contribution in [3.63, 3.8) is 0 Å². The summed E-state index contributed by atoms with van der Waals surface area (Å²) in [6, 6.07) is 7.75. The van der Waals surface area contributed by atoms with Crippen molar-refractivity contribution in [2.45, 2.75) is 46.6 Å². The highest BCUT2D eigenvalue weighted by Gasteiger charge is 2.60. The molecule has 20 heavy (non-hydrogen) atoms. The van der Waals surface area contributed by atoms with Crippen LogP contribution in [0.2, 0.25) is 5.02 Å². The van der Waals surface area contributed by atoms with Crippen molar-refractivity contribution in [1.29, 1.82) is 0 Å². The highest BCUT2D eigenvalue weighted by Crippen LogP contribution is 2.63. The highest BCUT2D eigenvalue weighted by molar-refractivity contribution is 6.30. The van der Waals surface area contributed by atoms with Crippen LogP contribution in [0.4, 0.5) is 0 Å². The molecule has 0 aliphatic heterocycles. The molecular weight excluding hydrogens is 270 g/mol. The van der Waals surface area contributed by atoms with Gasteiger partial charge in [0.05, 0.1) is 5.71 Å². The van der Waals surface area contributed by atoms with Gasteiger partial charge in [0, 0.05) is 10.4 Å². The topological polar surface area (TPSA) is 21.6 Å². The average Bonchev–Trinajstić information content (AvgIpc) is 2.72. The van der Waals surface area contributed by atoms with E-state index in [4.69, 9.17) is 16.4 Å². The van der Waals surface area contributed by atoms with Crippen molar-refractivity contribution in [2.24, 2.45) is 21.9 Å². The van der Waals surface area contributed by atoms with Gasteiger partial charge in [-0.3, -0.25) is 0 Å². The van der Waals surface area contributed by atoms with Crippen LogP contribution in [0.3, 0.4) is 0 Å². The zero-order valence-electron chi connectivity index (χ0n) is 12.4. The molecule has 0 amide bonds. The molecule has 2 aliphatic rings. The third-order valence-electron chi connectivity index (χ3n) is 5.81. The monoisotopic (exact) mass is 291 g/mol. The molecule has 0 spiro atoms.